The molecule has 0 unspecified atom stereocenters. The third kappa shape index (κ3) is 3.06. The molecule has 1 fully saturated rings. The lowest BCUT2D eigenvalue weighted by Crippen LogP contribution is -2.37. The van der Waals surface area contributed by atoms with Crippen molar-refractivity contribution in [3.05, 3.63) is 46.0 Å². The number of aromatic nitrogens is 2. The Morgan fingerprint density at radius 2 is 1.96 bits per heavy atom. The highest BCUT2D eigenvalue weighted by Crippen LogP contribution is 2.25. The smallest absolute Gasteiger partial charge is 0.270 e. The van der Waals surface area contributed by atoms with Gasteiger partial charge in [0.15, 0.2) is 9.84 Å². The molecular formula is C17H21N3O4S. The van der Waals surface area contributed by atoms with Crippen molar-refractivity contribution in [3.8, 4) is 0 Å². The van der Waals surface area contributed by atoms with E-state index in [0.29, 0.717) is 18.6 Å². The normalized spacial score (nSPS) is 19.6. The molecule has 2 aromatic rings. The highest BCUT2D eigenvalue weighted by molar-refractivity contribution is 7.92. The molecule has 0 spiro atoms. The Morgan fingerprint density at radius 3 is 2.68 bits per heavy atom. The van der Waals surface area contributed by atoms with Crippen molar-refractivity contribution in [2.45, 2.75) is 31.9 Å². The SMILES string of the molecule is Cc1ccc2ncc(C(=O)N3CCC(C)(C)S(=O)(=O)CC3)c(=O)n2c1. The van der Waals surface area contributed by atoms with Crippen LogP contribution >= 0.6 is 0 Å². The Balaban J connectivity index is 1.98. The molecule has 25 heavy (non-hydrogen) atoms. The van der Waals surface area contributed by atoms with Crippen LogP contribution in [0.2, 0.25) is 0 Å². The lowest BCUT2D eigenvalue weighted by atomic mass is 10.1. The predicted molar refractivity (Wildman–Crippen MR) is 94.6 cm³/mol. The zero-order valence-electron chi connectivity index (χ0n) is 14.5. The van der Waals surface area contributed by atoms with E-state index in [-0.39, 0.29) is 17.9 Å². The van der Waals surface area contributed by atoms with Crippen molar-refractivity contribution in [2.75, 3.05) is 18.8 Å². The minimum atomic E-state index is -3.29. The van der Waals surface area contributed by atoms with Crippen molar-refractivity contribution in [1.82, 2.24) is 14.3 Å². The lowest BCUT2D eigenvalue weighted by molar-refractivity contribution is 0.0762. The zero-order valence-corrected chi connectivity index (χ0v) is 15.3. The van der Waals surface area contributed by atoms with E-state index in [0.717, 1.165) is 5.56 Å². The number of amides is 1. The highest BCUT2D eigenvalue weighted by atomic mass is 32.2. The van der Waals surface area contributed by atoms with Gasteiger partial charge in [0.25, 0.3) is 11.5 Å². The fourth-order valence-electron chi connectivity index (χ4n) is 2.88. The van der Waals surface area contributed by atoms with Gasteiger partial charge in [0.1, 0.15) is 11.2 Å². The van der Waals surface area contributed by atoms with Gasteiger partial charge in [-0.25, -0.2) is 13.4 Å². The van der Waals surface area contributed by atoms with Crippen molar-refractivity contribution < 1.29 is 13.2 Å². The summed E-state index contributed by atoms with van der Waals surface area (Å²) in [5, 5.41) is 0. The first kappa shape index (κ1) is 17.6. The second-order valence-electron chi connectivity index (χ2n) is 7.03. The molecule has 134 valence electrons. The van der Waals surface area contributed by atoms with E-state index >= 15 is 0 Å². The lowest BCUT2D eigenvalue weighted by Gasteiger charge is -2.22. The van der Waals surface area contributed by atoms with E-state index in [9.17, 15) is 18.0 Å². The van der Waals surface area contributed by atoms with E-state index in [1.54, 1.807) is 26.1 Å². The summed E-state index contributed by atoms with van der Waals surface area (Å²) < 4.78 is 25.1. The fourth-order valence-corrected chi connectivity index (χ4v) is 4.30. The van der Waals surface area contributed by atoms with Gasteiger partial charge in [-0.15, -0.1) is 0 Å². The number of rotatable bonds is 1. The van der Waals surface area contributed by atoms with Crippen LogP contribution in [0.4, 0.5) is 0 Å². The summed E-state index contributed by atoms with van der Waals surface area (Å²) >= 11 is 0. The first-order chi connectivity index (χ1) is 11.6. The molecular weight excluding hydrogens is 342 g/mol. The van der Waals surface area contributed by atoms with E-state index in [1.165, 1.54) is 15.5 Å². The van der Waals surface area contributed by atoms with Gasteiger partial charge in [-0.2, -0.15) is 0 Å². The number of fused-ring (bicyclic) bond motifs is 1. The monoisotopic (exact) mass is 363 g/mol. The molecule has 0 aliphatic carbocycles. The fraction of sp³-hybridized carbons (Fsp3) is 0.471. The number of sulfone groups is 1. The largest absolute Gasteiger partial charge is 0.337 e. The number of nitrogens with zero attached hydrogens (tertiary/aromatic N) is 3. The summed E-state index contributed by atoms with van der Waals surface area (Å²) in [6.07, 6.45) is 3.25. The third-order valence-electron chi connectivity index (χ3n) is 4.82. The minimum absolute atomic E-state index is 0.0415. The van der Waals surface area contributed by atoms with Gasteiger partial charge in [0.2, 0.25) is 0 Å². The number of pyridine rings is 1. The number of hydrogen-bond donors (Lipinski definition) is 0. The summed E-state index contributed by atoms with van der Waals surface area (Å²) in [5.74, 6) is -0.575. The van der Waals surface area contributed by atoms with Crippen molar-refractivity contribution in [3.63, 3.8) is 0 Å². The maximum absolute atomic E-state index is 12.8. The summed E-state index contributed by atoms with van der Waals surface area (Å²) in [7, 11) is -3.29. The molecule has 8 heteroatoms. The van der Waals surface area contributed by atoms with Gasteiger partial charge in [0, 0.05) is 25.5 Å². The van der Waals surface area contributed by atoms with Crippen LogP contribution in [0.5, 0.6) is 0 Å². The number of aryl methyl sites for hydroxylation is 1. The van der Waals surface area contributed by atoms with Gasteiger partial charge in [-0.1, -0.05) is 6.07 Å². The molecule has 0 aromatic carbocycles. The van der Waals surface area contributed by atoms with Gasteiger partial charge < -0.3 is 4.90 Å². The topological polar surface area (TPSA) is 88.8 Å². The first-order valence-corrected chi connectivity index (χ1v) is 9.77. The molecule has 1 aliphatic rings. The van der Waals surface area contributed by atoms with Crippen LogP contribution in [-0.4, -0.2) is 52.2 Å². The standard InChI is InChI=1S/C17H21N3O4S/c1-12-4-5-14-18-10-13(16(22)20(14)11-12)15(21)19-7-6-17(2,3)25(23,24)9-8-19/h4-5,10-11H,6-9H2,1-3H3. The first-order valence-electron chi connectivity index (χ1n) is 8.12. The molecule has 3 heterocycles. The maximum Gasteiger partial charge on any atom is 0.270 e. The Bertz CT molecular complexity index is 1010. The second kappa shape index (κ2) is 5.94. The van der Waals surface area contributed by atoms with E-state index in [4.69, 9.17) is 0 Å². The maximum atomic E-state index is 12.8. The average Bonchev–Trinajstić information content (AvgIpc) is 2.64. The average molecular weight is 363 g/mol. The highest BCUT2D eigenvalue weighted by Gasteiger charge is 2.38. The molecule has 0 atom stereocenters. The van der Waals surface area contributed by atoms with E-state index in [2.05, 4.69) is 4.98 Å². The molecule has 0 saturated carbocycles. The zero-order chi connectivity index (χ0) is 18.4. The van der Waals surface area contributed by atoms with Crippen molar-refractivity contribution in [1.29, 1.82) is 0 Å². The predicted octanol–water partition coefficient (Wildman–Crippen LogP) is 1.04. The number of carbonyl (C=O) groups is 1. The molecule has 0 radical (unpaired) electrons. The Kier molecular flexibility index (Phi) is 4.18. The minimum Gasteiger partial charge on any atom is -0.337 e. The molecule has 3 rings (SSSR count). The van der Waals surface area contributed by atoms with Crippen molar-refractivity contribution in [2.24, 2.45) is 0 Å². The molecule has 1 aliphatic heterocycles. The van der Waals surface area contributed by atoms with Gasteiger partial charge in [-0.05, 0) is 38.8 Å². The van der Waals surface area contributed by atoms with Crippen LogP contribution in [0, 0.1) is 6.92 Å². The van der Waals surface area contributed by atoms with Gasteiger partial charge in [-0.3, -0.25) is 14.0 Å². The van der Waals surface area contributed by atoms with Crippen LogP contribution in [0.15, 0.2) is 29.3 Å². The molecule has 0 bridgehead atoms. The number of hydrogen-bond acceptors (Lipinski definition) is 5. The Labute approximate surface area is 146 Å². The van der Waals surface area contributed by atoms with Crippen LogP contribution < -0.4 is 5.56 Å². The molecule has 0 N–H and O–H groups in total. The Hall–Kier alpha value is -2.22. The molecule has 2 aromatic heterocycles. The van der Waals surface area contributed by atoms with Crippen LogP contribution in [0.3, 0.4) is 0 Å². The Morgan fingerprint density at radius 1 is 1.24 bits per heavy atom. The number of carbonyl (C=O) groups excluding carboxylic acids is 1. The summed E-state index contributed by atoms with van der Waals surface area (Å²) in [4.78, 5) is 31.1. The quantitative estimate of drug-likeness (QED) is 0.755. The van der Waals surface area contributed by atoms with Crippen LogP contribution in [-0.2, 0) is 9.84 Å². The van der Waals surface area contributed by atoms with Gasteiger partial charge >= 0.3 is 0 Å². The van der Waals surface area contributed by atoms with E-state index < -0.39 is 26.1 Å². The van der Waals surface area contributed by atoms with Crippen molar-refractivity contribution >= 4 is 21.4 Å². The summed E-state index contributed by atoms with van der Waals surface area (Å²) in [6, 6.07) is 3.55. The molecule has 1 saturated heterocycles. The summed E-state index contributed by atoms with van der Waals surface area (Å²) in [6.45, 7) is 5.57. The second-order valence-corrected chi connectivity index (χ2v) is 9.78. The van der Waals surface area contributed by atoms with Crippen LogP contribution in [0.25, 0.3) is 5.65 Å². The third-order valence-corrected chi connectivity index (χ3v) is 7.43. The van der Waals surface area contributed by atoms with Crippen LogP contribution in [0.1, 0.15) is 36.2 Å². The summed E-state index contributed by atoms with van der Waals surface area (Å²) in [5.41, 5.74) is 0.862. The molecule has 1 amide bonds. The molecule has 7 nitrogen and oxygen atoms in total. The van der Waals surface area contributed by atoms with E-state index in [1.807, 2.05) is 13.0 Å². The van der Waals surface area contributed by atoms with Gasteiger partial charge in [0.05, 0.1) is 10.5 Å².